The molecule has 0 bridgehead atoms. The zero-order valence-electron chi connectivity index (χ0n) is 18.9. The van der Waals surface area contributed by atoms with Crippen molar-refractivity contribution in [3.05, 3.63) is 65.6 Å². The monoisotopic (exact) mass is 487 g/mol. The molecule has 1 unspecified atom stereocenters. The third kappa shape index (κ3) is 5.18. The van der Waals surface area contributed by atoms with Gasteiger partial charge in [0.1, 0.15) is 17.3 Å². The van der Waals surface area contributed by atoms with Gasteiger partial charge in [-0.3, -0.25) is 4.79 Å². The van der Waals surface area contributed by atoms with E-state index in [2.05, 4.69) is 15.6 Å². The first kappa shape index (κ1) is 23.4. The number of nitrogens with zero attached hydrogens (tertiary/aromatic N) is 1. The van der Waals surface area contributed by atoms with Crippen molar-refractivity contribution in [2.24, 2.45) is 0 Å². The molecule has 0 radical (unpaired) electrons. The van der Waals surface area contributed by atoms with Gasteiger partial charge < -0.3 is 15.4 Å². The molecule has 1 aliphatic heterocycles. The number of nitrogens with one attached hydrogen (secondary N) is 2. The number of amides is 1. The lowest BCUT2D eigenvalue weighted by Gasteiger charge is -2.33. The number of para-hydroxylation sites is 1. The molecular weight excluding hydrogens is 462 g/mol. The van der Waals surface area contributed by atoms with Crippen molar-refractivity contribution in [3.63, 3.8) is 0 Å². The Kier molecular flexibility index (Phi) is 6.25. The summed E-state index contributed by atoms with van der Waals surface area (Å²) in [6, 6.07) is 11.8. The number of aryl methyl sites for hydroxylation is 1. The highest BCUT2D eigenvalue weighted by atomic mass is 19.4. The van der Waals surface area contributed by atoms with Gasteiger partial charge in [-0.2, -0.15) is 13.2 Å². The summed E-state index contributed by atoms with van der Waals surface area (Å²) in [5.41, 5.74) is 0.479. The topological polar surface area (TPSA) is 63.2 Å². The van der Waals surface area contributed by atoms with Gasteiger partial charge >= 0.3 is 6.18 Å². The molecule has 1 saturated carbocycles. The third-order valence-electron chi connectivity index (χ3n) is 6.65. The molecular formula is C26H25F4N3O2. The number of fused-ring (bicyclic) bond motifs is 2. The van der Waals surface area contributed by atoms with Crippen LogP contribution >= 0.6 is 0 Å². The molecule has 2 N–H and O–H groups in total. The third-order valence-corrected chi connectivity index (χ3v) is 6.65. The molecule has 2 aliphatic rings. The van der Waals surface area contributed by atoms with Crippen LogP contribution in [-0.4, -0.2) is 29.1 Å². The number of ether oxygens (including phenoxy) is 1. The molecule has 0 spiro atoms. The van der Waals surface area contributed by atoms with Gasteiger partial charge in [0.2, 0.25) is 0 Å². The van der Waals surface area contributed by atoms with Gasteiger partial charge in [0.15, 0.2) is 6.10 Å². The minimum atomic E-state index is -4.55. The van der Waals surface area contributed by atoms with Crippen LogP contribution in [0.4, 0.5) is 23.2 Å². The Morgan fingerprint density at radius 3 is 2.66 bits per heavy atom. The SMILES string of the molecule is O=C(N[C@@H]1CCC[C@H](Nc2cc(C(F)(F)F)nc3ccccc23)C1)C1CCc2cc(F)ccc2O1. The van der Waals surface area contributed by atoms with Gasteiger partial charge in [0.25, 0.3) is 5.91 Å². The Morgan fingerprint density at radius 2 is 1.83 bits per heavy atom. The minimum Gasteiger partial charge on any atom is -0.480 e. The summed E-state index contributed by atoms with van der Waals surface area (Å²) in [4.78, 5) is 16.6. The number of alkyl halides is 3. The van der Waals surface area contributed by atoms with E-state index >= 15 is 0 Å². The molecule has 2 heterocycles. The highest BCUT2D eigenvalue weighted by Crippen LogP contribution is 2.34. The number of carbonyl (C=O) groups is 1. The first-order chi connectivity index (χ1) is 16.8. The molecule has 3 atom stereocenters. The average molecular weight is 487 g/mol. The van der Waals surface area contributed by atoms with Crippen LogP contribution in [0.3, 0.4) is 0 Å². The van der Waals surface area contributed by atoms with Crippen molar-refractivity contribution in [2.75, 3.05) is 5.32 Å². The maximum Gasteiger partial charge on any atom is 0.433 e. The lowest BCUT2D eigenvalue weighted by atomic mass is 9.90. The summed E-state index contributed by atoms with van der Waals surface area (Å²) >= 11 is 0. The molecule has 1 aliphatic carbocycles. The normalized spacial score (nSPS) is 22.2. The highest BCUT2D eigenvalue weighted by Gasteiger charge is 2.34. The Hall–Kier alpha value is -3.36. The maximum atomic E-state index is 13.4. The number of hydrogen-bond acceptors (Lipinski definition) is 4. The number of anilines is 1. The van der Waals surface area contributed by atoms with Crippen LogP contribution in [0.1, 0.15) is 43.4 Å². The summed E-state index contributed by atoms with van der Waals surface area (Å²) in [6.07, 6.45) is -1.22. The first-order valence-corrected chi connectivity index (χ1v) is 11.8. The van der Waals surface area contributed by atoms with E-state index in [1.54, 1.807) is 30.3 Å². The highest BCUT2D eigenvalue weighted by molar-refractivity contribution is 5.91. The van der Waals surface area contributed by atoms with Crippen LogP contribution in [0.5, 0.6) is 5.75 Å². The zero-order chi connectivity index (χ0) is 24.6. The standard InChI is InChI=1S/C26H25F4N3O2/c27-16-9-11-22-15(12-16)8-10-23(35-22)25(34)32-18-5-3-4-17(13-18)31-21-14-24(26(28,29)30)33-20-7-2-1-6-19(20)21/h1-2,6-7,9,11-12,14,17-18,23H,3-5,8,10,13H2,(H,31,33)(H,32,34)/t17-,18+,23?/m0/s1. The van der Waals surface area contributed by atoms with Crippen LogP contribution < -0.4 is 15.4 Å². The number of halogens is 4. The number of pyridine rings is 1. The molecule has 5 rings (SSSR count). The zero-order valence-corrected chi connectivity index (χ0v) is 18.9. The number of carbonyl (C=O) groups excluding carboxylic acids is 1. The smallest absolute Gasteiger partial charge is 0.433 e. The van der Waals surface area contributed by atoms with E-state index in [4.69, 9.17) is 4.74 Å². The van der Waals surface area contributed by atoms with Crippen molar-refractivity contribution >= 4 is 22.5 Å². The molecule has 35 heavy (non-hydrogen) atoms. The predicted octanol–water partition coefficient (Wildman–Crippen LogP) is 5.63. The molecule has 184 valence electrons. The van der Waals surface area contributed by atoms with Gasteiger partial charge in [-0.1, -0.05) is 18.2 Å². The Labute approximate surface area is 199 Å². The van der Waals surface area contributed by atoms with E-state index in [1.165, 1.54) is 12.1 Å². The number of rotatable bonds is 4. The van der Waals surface area contributed by atoms with Gasteiger partial charge in [-0.15, -0.1) is 0 Å². The van der Waals surface area contributed by atoms with E-state index in [0.717, 1.165) is 30.9 Å². The second-order valence-corrected chi connectivity index (χ2v) is 9.18. The fourth-order valence-corrected chi connectivity index (χ4v) is 4.95. The summed E-state index contributed by atoms with van der Waals surface area (Å²) in [7, 11) is 0. The molecule has 1 aromatic heterocycles. The van der Waals surface area contributed by atoms with Crippen LogP contribution in [0, 0.1) is 5.82 Å². The minimum absolute atomic E-state index is 0.100. The van der Waals surface area contributed by atoms with Crippen molar-refractivity contribution in [1.82, 2.24) is 10.3 Å². The summed E-state index contributed by atoms with van der Waals surface area (Å²) in [5, 5.41) is 6.95. The maximum absolute atomic E-state index is 13.4. The molecule has 1 fully saturated rings. The molecule has 0 saturated heterocycles. The molecule has 2 aromatic carbocycles. The largest absolute Gasteiger partial charge is 0.480 e. The van der Waals surface area contributed by atoms with Crippen LogP contribution in [0.25, 0.3) is 10.9 Å². The Bertz CT molecular complexity index is 1250. The van der Waals surface area contributed by atoms with Crippen LogP contribution in [0.2, 0.25) is 0 Å². The Balaban J connectivity index is 1.26. The van der Waals surface area contributed by atoms with E-state index in [0.29, 0.717) is 36.1 Å². The summed E-state index contributed by atoms with van der Waals surface area (Å²) in [6.45, 7) is 0. The fourth-order valence-electron chi connectivity index (χ4n) is 4.95. The van der Waals surface area contributed by atoms with Crippen LogP contribution in [0.15, 0.2) is 48.5 Å². The molecule has 3 aromatic rings. The molecule has 5 nitrogen and oxygen atoms in total. The van der Waals surface area contributed by atoms with Gasteiger partial charge in [0, 0.05) is 23.2 Å². The second kappa shape index (κ2) is 9.36. The summed E-state index contributed by atoms with van der Waals surface area (Å²) in [5.74, 6) is -0.0364. The quantitative estimate of drug-likeness (QED) is 0.469. The van der Waals surface area contributed by atoms with E-state index < -0.39 is 18.0 Å². The molecule has 1 amide bonds. The molecule has 9 heteroatoms. The fraction of sp³-hybridized carbons (Fsp3) is 0.385. The van der Waals surface area contributed by atoms with Gasteiger partial charge in [-0.25, -0.2) is 9.37 Å². The lowest BCUT2D eigenvalue weighted by molar-refractivity contribution is -0.141. The summed E-state index contributed by atoms with van der Waals surface area (Å²) < 4.78 is 59.4. The first-order valence-electron chi connectivity index (χ1n) is 11.8. The number of aromatic nitrogens is 1. The average Bonchev–Trinajstić information content (AvgIpc) is 2.83. The predicted molar refractivity (Wildman–Crippen MR) is 124 cm³/mol. The lowest BCUT2D eigenvalue weighted by Crippen LogP contribution is -2.48. The van der Waals surface area contributed by atoms with E-state index in [9.17, 15) is 22.4 Å². The van der Waals surface area contributed by atoms with Crippen molar-refractivity contribution in [3.8, 4) is 5.75 Å². The van der Waals surface area contributed by atoms with E-state index in [1.807, 2.05) is 0 Å². The van der Waals surface area contributed by atoms with Crippen molar-refractivity contribution in [2.45, 2.75) is 62.9 Å². The number of hydrogen-bond donors (Lipinski definition) is 2. The van der Waals surface area contributed by atoms with Crippen molar-refractivity contribution in [1.29, 1.82) is 0 Å². The second-order valence-electron chi connectivity index (χ2n) is 9.18. The van der Waals surface area contributed by atoms with Gasteiger partial charge in [0.05, 0.1) is 5.52 Å². The van der Waals surface area contributed by atoms with Gasteiger partial charge in [-0.05, 0) is 74.4 Å². The Morgan fingerprint density at radius 1 is 1.03 bits per heavy atom. The van der Waals surface area contributed by atoms with Crippen LogP contribution in [-0.2, 0) is 17.4 Å². The van der Waals surface area contributed by atoms with Crippen molar-refractivity contribution < 1.29 is 27.1 Å². The number of benzene rings is 2. The van der Waals surface area contributed by atoms with E-state index in [-0.39, 0.29) is 29.3 Å².